The summed E-state index contributed by atoms with van der Waals surface area (Å²) in [7, 11) is -1.54. The predicted octanol–water partition coefficient (Wildman–Crippen LogP) is 8.77. The van der Waals surface area contributed by atoms with Crippen molar-refractivity contribution >= 4 is 50.0 Å². The van der Waals surface area contributed by atoms with E-state index in [-0.39, 0.29) is 11.6 Å². The number of benzene rings is 3. The zero-order valence-electron chi connectivity index (χ0n) is 41.2. The van der Waals surface area contributed by atoms with Crippen LogP contribution in [-0.2, 0) is 42.2 Å². The molecular formula is C48H54Cl2F4N6O13P2. The second-order valence-corrected chi connectivity index (χ2v) is 21.6. The monoisotopic (exact) mass is 1130 g/mol. The molecule has 2 aliphatic rings. The first-order valence-corrected chi connectivity index (χ1v) is 26.5. The van der Waals surface area contributed by atoms with Crippen LogP contribution in [0.3, 0.4) is 0 Å². The van der Waals surface area contributed by atoms with Gasteiger partial charge in [-0.15, -0.1) is 23.2 Å². The van der Waals surface area contributed by atoms with Gasteiger partial charge < -0.3 is 53.2 Å². The number of ether oxygens (including phenoxy) is 4. The summed E-state index contributed by atoms with van der Waals surface area (Å²) in [6, 6.07) is 27.3. The SMILES string of the molecule is COP(=O)(OC)/C(F)=C/[C@@]1(CCl)O[C@@H](n2ccc(N)nc2=O)[C@H](F)[C@@H]1O.COc1ccc(C(Nc2ccn([C@@H]3O[C@@](/C=C(\F)P(=O)(OC)OC)(CCl)[C@@H](C)[C@H]3F)c(=O)n2)(c2ccccc2)c2ccc(OC)cc2)cc1. The van der Waals surface area contributed by atoms with Crippen molar-refractivity contribution < 1.29 is 68.8 Å². The van der Waals surface area contributed by atoms with E-state index in [9.17, 15) is 32.6 Å². The van der Waals surface area contributed by atoms with Crippen molar-refractivity contribution in [1.29, 1.82) is 0 Å². The molecule has 0 saturated carbocycles. The van der Waals surface area contributed by atoms with Gasteiger partial charge in [0.1, 0.15) is 46.0 Å². The number of hydrogen-bond donors (Lipinski definition) is 3. The van der Waals surface area contributed by atoms with Gasteiger partial charge in [-0.05, 0) is 65.2 Å². The van der Waals surface area contributed by atoms with E-state index in [0.717, 1.165) is 66.5 Å². The summed E-state index contributed by atoms with van der Waals surface area (Å²) >= 11 is 12.0. The minimum absolute atomic E-state index is 0.101. The first kappa shape index (κ1) is 58.8. The number of aliphatic hydroxyl groups excluding tert-OH is 1. The van der Waals surface area contributed by atoms with Crippen LogP contribution >= 0.6 is 38.4 Å². The van der Waals surface area contributed by atoms with Crippen molar-refractivity contribution in [2.75, 3.05) is 65.5 Å². The summed E-state index contributed by atoms with van der Waals surface area (Å²) < 4.78 is 127. The molecule has 406 valence electrons. The normalized spacial score (nSPS) is 24.3. The van der Waals surface area contributed by atoms with Crippen molar-refractivity contribution in [3.63, 3.8) is 0 Å². The van der Waals surface area contributed by atoms with Crippen LogP contribution in [0.2, 0.25) is 0 Å². The number of hydrogen-bond acceptors (Lipinski definition) is 17. The topological polar surface area (TPSA) is 236 Å². The minimum atomic E-state index is -4.31. The largest absolute Gasteiger partial charge is 0.497 e. The highest BCUT2D eigenvalue weighted by atomic mass is 35.5. The first-order valence-electron chi connectivity index (χ1n) is 22.4. The van der Waals surface area contributed by atoms with Gasteiger partial charge in [0.05, 0.1) is 26.0 Å². The van der Waals surface area contributed by atoms with Crippen molar-refractivity contribution in [3.8, 4) is 11.5 Å². The van der Waals surface area contributed by atoms with Crippen LogP contribution in [0.15, 0.2) is 136 Å². The molecule has 3 aromatic carbocycles. The van der Waals surface area contributed by atoms with Gasteiger partial charge in [-0.3, -0.25) is 18.3 Å². The maximum atomic E-state index is 15.9. The number of nitrogen functional groups attached to an aromatic ring is 1. The highest BCUT2D eigenvalue weighted by Crippen LogP contribution is 2.58. The Hall–Kier alpha value is -5.42. The fourth-order valence-corrected chi connectivity index (χ4v) is 10.8. The summed E-state index contributed by atoms with van der Waals surface area (Å²) in [5.74, 6) is -0.723. The van der Waals surface area contributed by atoms with E-state index >= 15 is 8.78 Å². The number of alkyl halides is 4. The Morgan fingerprint density at radius 1 is 0.707 bits per heavy atom. The van der Waals surface area contributed by atoms with E-state index in [1.807, 2.05) is 78.9 Å². The number of nitrogens with one attached hydrogen (secondary N) is 1. The number of aliphatic hydroxyl groups is 1. The van der Waals surface area contributed by atoms with Crippen LogP contribution in [0.4, 0.5) is 29.2 Å². The lowest BCUT2D eigenvalue weighted by atomic mass is 9.77. The quantitative estimate of drug-likeness (QED) is 0.0303. The average molecular weight is 1130 g/mol. The van der Waals surface area contributed by atoms with E-state index in [1.54, 1.807) is 14.2 Å². The van der Waals surface area contributed by atoms with Crippen molar-refractivity contribution in [3.05, 3.63) is 164 Å². The van der Waals surface area contributed by atoms with E-state index in [2.05, 4.69) is 24.3 Å². The van der Waals surface area contributed by atoms with Crippen molar-refractivity contribution in [2.24, 2.45) is 5.92 Å². The molecule has 5 aromatic rings. The molecule has 2 aliphatic heterocycles. The number of nitrogens with two attached hydrogens (primary N) is 1. The molecule has 2 saturated heterocycles. The summed E-state index contributed by atoms with van der Waals surface area (Å²) in [5, 5.41) is 13.7. The van der Waals surface area contributed by atoms with Crippen LogP contribution in [0, 0.1) is 5.92 Å². The maximum absolute atomic E-state index is 15.9. The Kier molecular flexibility index (Phi) is 19.0. The number of nitrogens with zero attached hydrogens (tertiary/aromatic N) is 4. The van der Waals surface area contributed by atoms with Gasteiger partial charge in [-0.25, -0.2) is 18.4 Å². The van der Waals surface area contributed by atoms with Crippen LogP contribution in [0.1, 0.15) is 36.1 Å². The van der Waals surface area contributed by atoms with Gasteiger partial charge in [0.15, 0.2) is 24.8 Å². The van der Waals surface area contributed by atoms with Gasteiger partial charge in [-0.1, -0.05) is 61.5 Å². The second kappa shape index (κ2) is 24.3. The molecule has 0 amide bonds. The minimum Gasteiger partial charge on any atom is -0.497 e. The molecule has 4 N–H and O–H groups in total. The lowest BCUT2D eigenvalue weighted by Gasteiger charge is -2.37. The average Bonchev–Trinajstić information content (AvgIpc) is 3.82. The second-order valence-electron chi connectivity index (χ2n) is 16.7. The van der Waals surface area contributed by atoms with Crippen LogP contribution in [0.25, 0.3) is 0 Å². The molecule has 0 unspecified atom stereocenters. The molecule has 7 rings (SSSR count). The van der Waals surface area contributed by atoms with Gasteiger partial charge in [0.25, 0.3) is 0 Å². The molecule has 2 aromatic heterocycles. The van der Waals surface area contributed by atoms with Gasteiger partial charge in [0, 0.05) is 46.8 Å². The Morgan fingerprint density at radius 2 is 1.13 bits per heavy atom. The fraction of sp³-hybridized carbons (Fsp3) is 0.375. The third-order valence-electron chi connectivity index (χ3n) is 12.7. The number of rotatable bonds is 19. The Morgan fingerprint density at radius 3 is 1.57 bits per heavy atom. The smallest absolute Gasteiger partial charge is 0.388 e. The Balaban J connectivity index is 0.000000296. The molecule has 2 fully saturated rings. The summed E-state index contributed by atoms with van der Waals surface area (Å²) in [4.78, 5) is 33.3. The maximum Gasteiger partial charge on any atom is 0.388 e. The molecule has 0 spiro atoms. The zero-order valence-corrected chi connectivity index (χ0v) is 44.5. The molecule has 0 radical (unpaired) electrons. The number of anilines is 2. The van der Waals surface area contributed by atoms with Gasteiger partial charge in [0.2, 0.25) is 11.1 Å². The molecule has 0 aliphatic carbocycles. The van der Waals surface area contributed by atoms with Crippen molar-refractivity contribution in [2.45, 2.75) is 54.6 Å². The molecule has 0 bridgehead atoms. The molecule has 27 heteroatoms. The molecule has 75 heavy (non-hydrogen) atoms. The third-order valence-corrected chi connectivity index (χ3v) is 16.8. The number of aromatic nitrogens is 4. The van der Waals surface area contributed by atoms with Crippen LogP contribution in [0.5, 0.6) is 11.5 Å². The summed E-state index contributed by atoms with van der Waals surface area (Å²) in [6.07, 6.45) is -5.40. The Bertz CT molecular complexity index is 2990. The van der Waals surface area contributed by atoms with E-state index in [0.29, 0.717) is 17.6 Å². The molecule has 19 nitrogen and oxygen atoms in total. The van der Waals surface area contributed by atoms with Crippen molar-refractivity contribution in [1.82, 2.24) is 19.1 Å². The van der Waals surface area contributed by atoms with E-state index < -0.39 is 103 Å². The van der Waals surface area contributed by atoms with Crippen LogP contribution < -0.4 is 31.9 Å². The molecule has 8 atom stereocenters. The molecule has 4 heterocycles. The fourth-order valence-electron chi connectivity index (χ4n) is 8.38. The van der Waals surface area contributed by atoms with Gasteiger partial charge in [-0.2, -0.15) is 18.7 Å². The lowest BCUT2D eigenvalue weighted by Crippen LogP contribution is -2.42. The Labute approximate surface area is 438 Å². The highest BCUT2D eigenvalue weighted by molar-refractivity contribution is 7.58. The van der Waals surface area contributed by atoms with E-state index in [4.69, 9.17) is 56.9 Å². The lowest BCUT2D eigenvalue weighted by molar-refractivity contribution is -0.0616. The third kappa shape index (κ3) is 11.6. The zero-order chi connectivity index (χ0) is 55.1. The highest BCUT2D eigenvalue weighted by Gasteiger charge is 2.57. The standard InChI is InChI=1S/C35H37ClF2N3O7P.C13H17ClF2N3O6P/c1-23-31(38)32(48-34(23,22-36)21-29(37)49(43,46-4)47-5)41-20-19-30(39-33(41)42)40-35(24-9-7-6-8-10-24,25-11-15-27(44-2)16-12-25)26-13-17-28(45-3)18-14-26;1-23-26(22,24-2)7(15)5-13(6-14)10(20)9(16)11(25-13)19-4-3-8(17)18-12(19)21/h6-21,23,31-32H,22H2,1-5H3,(H,39,40,42);3-5,9-11,20H,6H2,1-2H3,(H2,17,18,21)/b29-21+;7-5+/t23-,31+,32+,34-;9-,10+,11-,13+/m01/s1. The van der Waals surface area contributed by atoms with E-state index in [1.165, 1.54) is 25.3 Å². The summed E-state index contributed by atoms with van der Waals surface area (Å²) in [5.41, 5.74) is -1.72. The van der Waals surface area contributed by atoms with Crippen LogP contribution in [-0.4, -0.2) is 108 Å². The predicted molar refractivity (Wildman–Crippen MR) is 271 cm³/mol. The first-order chi connectivity index (χ1) is 35.6. The number of halogens is 6. The molecular weight excluding hydrogens is 1080 g/mol. The summed E-state index contributed by atoms with van der Waals surface area (Å²) in [6.45, 7) is 1.45. The van der Waals surface area contributed by atoms with Gasteiger partial charge >= 0.3 is 26.6 Å². The number of methoxy groups -OCH3 is 2.